The molecule has 0 aliphatic carbocycles. The van der Waals surface area contributed by atoms with E-state index in [4.69, 9.17) is 27.5 Å². The molecule has 0 saturated heterocycles. The van der Waals surface area contributed by atoms with Gasteiger partial charge in [0.05, 0.1) is 12.4 Å². The van der Waals surface area contributed by atoms with Crippen molar-refractivity contribution < 1.29 is 4.74 Å². The molecule has 2 aromatic carbocycles. The first-order chi connectivity index (χ1) is 9.92. The van der Waals surface area contributed by atoms with Gasteiger partial charge in [0.2, 0.25) is 0 Å². The first kappa shape index (κ1) is 15.6. The number of benzene rings is 2. The highest BCUT2D eigenvalue weighted by molar-refractivity contribution is 6.35. The van der Waals surface area contributed by atoms with Crippen molar-refractivity contribution in [2.24, 2.45) is 11.1 Å². The monoisotopic (exact) mass is 304 g/mol. The summed E-state index contributed by atoms with van der Waals surface area (Å²) >= 11 is 6.19. The predicted molar refractivity (Wildman–Crippen MR) is 89.4 cm³/mol. The number of hydrogen-bond donors (Lipinski definition) is 2. The Morgan fingerprint density at radius 3 is 2.52 bits per heavy atom. The highest BCUT2D eigenvalue weighted by atomic mass is 35.5. The number of ether oxygens (including phenoxy) is 1. The number of nitrogens with two attached hydrogens (primary N) is 1. The van der Waals surface area contributed by atoms with Crippen LogP contribution in [-0.4, -0.2) is 12.4 Å². The zero-order chi connectivity index (χ0) is 15.5. The van der Waals surface area contributed by atoms with Gasteiger partial charge >= 0.3 is 0 Å². The molecule has 0 radical (unpaired) electrons. The summed E-state index contributed by atoms with van der Waals surface area (Å²) in [4.78, 5) is 0. The predicted octanol–water partition coefficient (Wildman–Crippen LogP) is 4.61. The van der Waals surface area contributed by atoms with Crippen molar-refractivity contribution in [1.82, 2.24) is 0 Å². The van der Waals surface area contributed by atoms with Crippen LogP contribution >= 0.6 is 11.6 Å². The molecule has 0 spiro atoms. The Hall–Kier alpha value is -1.74. The molecule has 0 unspecified atom stereocenters. The van der Waals surface area contributed by atoms with Crippen molar-refractivity contribution in [3.05, 3.63) is 41.4 Å². The van der Waals surface area contributed by atoms with Gasteiger partial charge in [-0.25, -0.2) is 0 Å². The molecule has 0 fully saturated rings. The minimum atomic E-state index is -0.272. The van der Waals surface area contributed by atoms with E-state index in [1.807, 2.05) is 50.2 Å². The second kappa shape index (κ2) is 6.35. The van der Waals surface area contributed by atoms with Crippen LogP contribution in [0.25, 0.3) is 10.8 Å². The summed E-state index contributed by atoms with van der Waals surface area (Å²) in [6.07, 6.45) is 1.68. The molecule has 0 atom stereocenters. The largest absolute Gasteiger partial charge is 0.493 e. The zero-order valence-electron chi connectivity index (χ0n) is 12.4. The molecule has 0 amide bonds. The SMILES string of the molecule is CC(C)(CCCOc1ccc(Cl)c2ccccc12)C(=N)N. The van der Waals surface area contributed by atoms with Gasteiger partial charge in [0, 0.05) is 21.2 Å². The summed E-state index contributed by atoms with van der Waals surface area (Å²) in [5.41, 5.74) is 5.31. The molecule has 0 saturated carbocycles. The molecule has 0 aliphatic rings. The second-order valence-electron chi connectivity index (χ2n) is 5.84. The smallest absolute Gasteiger partial charge is 0.127 e. The summed E-state index contributed by atoms with van der Waals surface area (Å²) < 4.78 is 5.88. The van der Waals surface area contributed by atoms with Gasteiger partial charge in [0.15, 0.2) is 0 Å². The summed E-state index contributed by atoms with van der Waals surface area (Å²) in [6.45, 7) is 4.56. The lowest BCUT2D eigenvalue weighted by molar-refractivity contribution is 0.289. The first-order valence-electron chi connectivity index (χ1n) is 7.06. The first-order valence-corrected chi connectivity index (χ1v) is 7.44. The van der Waals surface area contributed by atoms with E-state index in [2.05, 4.69) is 0 Å². The maximum atomic E-state index is 7.55. The van der Waals surface area contributed by atoms with Crippen LogP contribution in [0.5, 0.6) is 5.75 Å². The third-order valence-corrected chi connectivity index (χ3v) is 4.09. The average Bonchev–Trinajstić information content (AvgIpc) is 2.46. The van der Waals surface area contributed by atoms with Crippen LogP contribution in [0.3, 0.4) is 0 Å². The van der Waals surface area contributed by atoms with Crippen molar-refractivity contribution in [3.8, 4) is 5.75 Å². The van der Waals surface area contributed by atoms with Crippen molar-refractivity contribution >= 4 is 28.2 Å². The molecule has 0 heterocycles. The Kier molecular flexibility index (Phi) is 4.73. The Labute approximate surface area is 130 Å². The number of fused-ring (bicyclic) bond motifs is 1. The number of nitrogens with one attached hydrogen (secondary N) is 1. The van der Waals surface area contributed by atoms with Gasteiger partial charge in [-0.1, -0.05) is 49.7 Å². The quantitative estimate of drug-likeness (QED) is 0.465. The van der Waals surface area contributed by atoms with Gasteiger partial charge in [-0.3, -0.25) is 5.41 Å². The fraction of sp³-hybridized carbons (Fsp3) is 0.353. The van der Waals surface area contributed by atoms with Gasteiger partial charge in [-0.15, -0.1) is 0 Å². The van der Waals surface area contributed by atoms with Crippen molar-refractivity contribution in [2.45, 2.75) is 26.7 Å². The average molecular weight is 305 g/mol. The third-order valence-electron chi connectivity index (χ3n) is 3.76. The Morgan fingerprint density at radius 1 is 1.19 bits per heavy atom. The summed E-state index contributed by atoms with van der Waals surface area (Å²) in [7, 11) is 0. The van der Waals surface area contributed by atoms with E-state index in [1.54, 1.807) is 0 Å². The minimum Gasteiger partial charge on any atom is -0.493 e. The molecule has 2 aromatic rings. The van der Waals surface area contributed by atoms with Crippen LogP contribution in [0.1, 0.15) is 26.7 Å². The molecular weight excluding hydrogens is 284 g/mol. The lowest BCUT2D eigenvalue weighted by atomic mass is 9.87. The molecule has 0 aromatic heterocycles. The van der Waals surface area contributed by atoms with Gasteiger partial charge < -0.3 is 10.5 Å². The lowest BCUT2D eigenvalue weighted by Gasteiger charge is -2.22. The molecule has 2 rings (SSSR count). The van der Waals surface area contributed by atoms with E-state index in [1.165, 1.54) is 0 Å². The molecule has 0 bridgehead atoms. The standard InChI is InChI=1S/C17H21ClN2O/c1-17(2,16(19)20)10-5-11-21-15-9-8-14(18)12-6-3-4-7-13(12)15/h3-4,6-9H,5,10-11H2,1-2H3,(H3,19,20). The van der Waals surface area contributed by atoms with Gasteiger partial charge in [0.25, 0.3) is 0 Å². The number of hydrogen-bond acceptors (Lipinski definition) is 2. The third kappa shape index (κ3) is 3.67. The van der Waals surface area contributed by atoms with Crippen LogP contribution in [0.2, 0.25) is 5.02 Å². The molecule has 3 N–H and O–H groups in total. The normalized spacial score (nSPS) is 11.6. The molecule has 112 valence electrons. The van der Waals surface area contributed by atoms with E-state index in [0.29, 0.717) is 6.61 Å². The highest BCUT2D eigenvalue weighted by Gasteiger charge is 2.20. The van der Waals surface area contributed by atoms with E-state index in [-0.39, 0.29) is 11.3 Å². The van der Waals surface area contributed by atoms with Crippen molar-refractivity contribution in [3.63, 3.8) is 0 Å². The fourth-order valence-electron chi connectivity index (χ4n) is 2.19. The summed E-state index contributed by atoms with van der Waals surface area (Å²) in [5.74, 6) is 1.06. The van der Waals surface area contributed by atoms with Crippen molar-refractivity contribution in [2.75, 3.05) is 6.61 Å². The topological polar surface area (TPSA) is 59.1 Å². The molecular formula is C17H21ClN2O. The van der Waals surface area contributed by atoms with Crippen LogP contribution < -0.4 is 10.5 Å². The van der Waals surface area contributed by atoms with E-state index < -0.39 is 0 Å². The zero-order valence-corrected chi connectivity index (χ0v) is 13.2. The lowest BCUT2D eigenvalue weighted by Crippen LogP contribution is -2.31. The minimum absolute atomic E-state index is 0.222. The van der Waals surface area contributed by atoms with Crippen LogP contribution in [-0.2, 0) is 0 Å². The molecule has 21 heavy (non-hydrogen) atoms. The van der Waals surface area contributed by atoms with E-state index in [0.717, 1.165) is 34.4 Å². The van der Waals surface area contributed by atoms with Gasteiger partial charge in [-0.05, 0) is 25.0 Å². The van der Waals surface area contributed by atoms with E-state index >= 15 is 0 Å². The molecule has 3 nitrogen and oxygen atoms in total. The maximum absolute atomic E-state index is 7.55. The fourth-order valence-corrected chi connectivity index (χ4v) is 2.42. The maximum Gasteiger partial charge on any atom is 0.127 e. The Bertz CT molecular complexity index is 652. The number of amidine groups is 1. The Balaban J connectivity index is 2.02. The van der Waals surface area contributed by atoms with Crippen LogP contribution in [0.15, 0.2) is 36.4 Å². The molecule has 4 heteroatoms. The van der Waals surface area contributed by atoms with Crippen LogP contribution in [0, 0.1) is 10.8 Å². The second-order valence-corrected chi connectivity index (χ2v) is 6.25. The van der Waals surface area contributed by atoms with Crippen molar-refractivity contribution in [1.29, 1.82) is 5.41 Å². The van der Waals surface area contributed by atoms with Crippen LogP contribution in [0.4, 0.5) is 0 Å². The highest BCUT2D eigenvalue weighted by Crippen LogP contribution is 2.31. The Morgan fingerprint density at radius 2 is 1.86 bits per heavy atom. The van der Waals surface area contributed by atoms with Gasteiger partial charge in [-0.2, -0.15) is 0 Å². The summed E-state index contributed by atoms with van der Waals surface area (Å²) in [5, 5.41) is 10.3. The summed E-state index contributed by atoms with van der Waals surface area (Å²) in [6, 6.07) is 11.7. The number of halogens is 1. The molecule has 0 aliphatic heterocycles. The van der Waals surface area contributed by atoms with Gasteiger partial charge in [0.1, 0.15) is 5.75 Å². The van der Waals surface area contributed by atoms with E-state index in [9.17, 15) is 0 Å². The number of rotatable bonds is 6.